The van der Waals surface area contributed by atoms with Crippen molar-refractivity contribution in [3.63, 3.8) is 0 Å². The molecular formula is C18H28IN5O2. The van der Waals surface area contributed by atoms with Crippen LogP contribution in [0.3, 0.4) is 0 Å². The zero-order valence-corrected chi connectivity index (χ0v) is 17.9. The van der Waals surface area contributed by atoms with E-state index in [1.54, 1.807) is 20.4 Å². The highest BCUT2D eigenvalue weighted by molar-refractivity contribution is 14.0. The Labute approximate surface area is 172 Å². The monoisotopic (exact) mass is 473 g/mol. The fourth-order valence-corrected chi connectivity index (χ4v) is 2.39. The molecule has 0 saturated carbocycles. The minimum absolute atomic E-state index is 0. The van der Waals surface area contributed by atoms with Gasteiger partial charge in [0.05, 0.1) is 13.7 Å². The second kappa shape index (κ2) is 12.4. The van der Waals surface area contributed by atoms with E-state index in [0.29, 0.717) is 13.2 Å². The number of aliphatic imine (C=N–C) groups is 1. The molecule has 0 radical (unpaired) electrons. The normalized spacial score (nSPS) is 10.8. The maximum atomic E-state index is 5.61. The molecular weight excluding hydrogens is 445 g/mol. The third kappa shape index (κ3) is 7.11. The van der Waals surface area contributed by atoms with Crippen LogP contribution in [-0.4, -0.2) is 43.0 Å². The van der Waals surface area contributed by atoms with Crippen LogP contribution in [0.15, 0.2) is 41.7 Å². The van der Waals surface area contributed by atoms with Gasteiger partial charge in [0.15, 0.2) is 17.5 Å². The average molecular weight is 473 g/mol. The SMILES string of the molecule is CCOc1cc(CNC(=NC)NCCCn2cccn2)ccc1OC.I. The third-order valence-corrected chi connectivity index (χ3v) is 3.63. The van der Waals surface area contributed by atoms with Gasteiger partial charge in [-0.25, -0.2) is 0 Å². The van der Waals surface area contributed by atoms with Gasteiger partial charge in [-0.05, 0) is 37.1 Å². The van der Waals surface area contributed by atoms with Crippen LogP contribution in [0.5, 0.6) is 11.5 Å². The van der Waals surface area contributed by atoms with Gasteiger partial charge in [0, 0.05) is 39.1 Å². The lowest BCUT2D eigenvalue weighted by molar-refractivity contribution is 0.310. The quantitative estimate of drug-likeness (QED) is 0.254. The number of benzene rings is 1. The summed E-state index contributed by atoms with van der Waals surface area (Å²) in [5.74, 6) is 2.27. The van der Waals surface area contributed by atoms with Crippen LogP contribution in [0.2, 0.25) is 0 Å². The first-order valence-electron chi connectivity index (χ1n) is 8.48. The van der Waals surface area contributed by atoms with Gasteiger partial charge in [0.1, 0.15) is 0 Å². The molecule has 0 unspecified atom stereocenters. The molecule has 8 heteroatoms. The second-order valence-electron chi connectivity index (χ2n) is 5.39. The Morgan fingerprint density at radius 1 is 1.27 bits per heavy atom. The molecule has 1 aromatic carbocycles. The Morgan fingerprint density at radius 3 is 2.77 bits per heavy atom. The number of hydrogen-bond donors (Lipinski definition) is 2. The van der Waals surface area contributed by atoms with Crippen molar-refractivity contribution in [2.24, 2.45) is 4.99 Å². The standard InChI is InChI=1S/C18H27N5O2.HI/c1-4-25-17-13-15(7-8-16(17)24-3)14-21-18(19-2)20-9-5-11-23-12-6-10-22-23;/h6-8,10,12-13H,4-5,9,11,14H2,1-3H3,(H2,19,20,21);1H. The summed E-state index contributed by atoms with van der Waals surface area (Å²) in [5.41, 5.74) is 1.10. The number of rotatable bonds is 9. The summed E-state index contributed by atoms with van der Waals surface area (Å²) in [5, 5.41) is 10.8. The maximum absolute atomic E-state index is 5.61. The summed E-state index contributed by atoms with van der Waals surface area (Å²) in [6.07, 6.45) is 4.73. The molecule has 0 bridgehead atoms. The van der Waals surface area contributed by atoms with Crippen molar-refractivity contribution in [2.45, 2.75) is 26.4 Å². The fraction of sp³-hybridized carbons (Fsp3) is 0.444. The molecule has 2 rings (SSSR count). The lowest BCUT2D eigenvalue weighted by Gasteiger charge is -2.14. The Bertz CT molecular complexity index is 662. The van der Waals surface area contributed by atoms with Crippen LogP contribution in [0.1, 0.15) is 18.9 Å². The summed E-state index contributed by atoms with van der Waals surface area (Å²) in [6.45, 7) is 4.93. The van der Waals surface area contributed by atoms with Gasteiger partial charge < -0.3 is 20.1 Å². The summed E-state index contributed by atoms with van der Waals surface area (Å²) in [6, 6.07) is 7.85. The number of aryl methyl sites for hydroxylation is 1. The predicted molar refractivity (Wildman–Crippen MR) is 115 cm³/mol. The predicted octanol–water partition coefficient (Wildman–Crippen LogP) is 2.66. The average Bonchev–Trinajstić information content (AvgIpc) is 3.15. The number of nitrogens with one attached hydrogen (secondary N) is 2. The molecule has 0 fully saturated rings. The Balaban J connectivity index is 0.00000338. The third-order valence-electron chi connectivity index (χ3n) is 3.63. The summed E-state index contributed by atoms with van der Waals surface area (Å²) >= 11 is 0. The molecule has 0 amide bonds. The van der Waals surface area contributed by atoms with Crippen molar-refractivity contribution in [3.05, 3.63) is 42.2 Å². The van der Waals surface area contributed by atoms with Gasteiger partial charge in [-0.15, -0.1) is 24.0 Å². The van der Waals surface area contributed by atoms with Gasteiger partial charge in [0.25, 0.3) is 0 Å². The van der Waals surface area contributed by atoms with E-state index in [1.807, 2.05) is 42.1 Å². The molecule has 2 N–H and O–H groups in total. The Hall–Kier alpha value is -1.97. The number of halogens is 1. The van der Waals surface area contributed by atoms with Gasteiger partial charge in [-0.3, -0.25) is 9.67 Å². The van der Waals surface area contributed by atoms with Crippen LogP contribution in [-0.2, 0) is 13.1 Å². The maximum Gasteiger partial charge on any atom is 0.191 e. The first-order valence-corrected chi connectivity index (χ1v) is 8.48. The number of methoxy groups -OCH3 is 1. The number of aromatic nitrogens is 2. The summed E-state index contributed by atoms with van der Waals surface area (Å²) in [7, 11) is 3.41. The van der Waals surface area contributed by atoms with Crippen LogP contribution >= 0.6 is 24.0 Å². The minimum atomic E-state index is 0. The van der Waals surface area contributed by atoms with Crippen molar-refractivity contribution >= 4 is 29.9 Å². The van der Waals surface area contributed by atoms with Crippen molar-refractivity contribution < 1.29 is 9.47 Å². The molecule has 0 atom stereocenters. The largest absolute Gasteiger partial charge is 0.493 e. The van der Waals surface area contributed by atoms with E-state index in [0.717, 1.165) is 42.5 Å². The zero-order valence-electron chi connectivity index (χ0n) is 15.6. The highest BCUT2D eigenvalue weighted by Gasteiger charge is 2.06. The Morgan fingerprint density at radius 2 is 2.12 bits per heavy atom. The number of nitrogens with zero attached hydrogens (tertiary/aromatic N) is 3. The van der Waals surface area contributed by atoms with E-state index in [1.165, 1.54) is 0 Å². The summed E-state index contributed by atoms with van der Waals surface area (Å²) < 4.78 is 12.8. The lowest BCUT2D eigenvalue weighted by Crippen LogP contribution is -2.37. The van der Waals surface area contributed by atoms with Crippen molar-refractivity contribution in [2.75, 3.05) is 27.3 Å². The second-order valence-corrected chi connectivity index (χ2v) is 5.39. The molecule has 0 spiro atoms. The van der Waals surface area contributed by atoms with Gasteiger partial charge in [0.2, 0.25) is 0 Å². The topological polar surface area (TPSA) is 72.7 Å². The lowest BCUT2D eigenvalue weighted by atomic mass is 10.2. The first-order chi connectivity index (χ1) is 12.3. The summed E-state index contributed by atoms with van der Waals surface area (Å²) in [4.78, 5) is 4.25. The van der Waals surface area contributed by atoms with Crippen LogP contribution in [0, 0.1) is 0 Å². The van der Waals surface area contributed by atoms with E-state index in [9.17, 15) is 0 Å². The van der Waals surface area contributed by atoms with Gasteiger partial charge in [-0.1, -0.05) is 6.07 Å². The van der Waals surface area contributed by atoms with E-state index in [-0.39, 0.29) is 24.0 Å². The molecule has 1 aromatic heterocycles. The molecule has 0 aliphatic carbocycles. The van der Waals surface area contributed by atoms with Gasteiger partial charge >= 0.3 is 0 Å². The van der Waals surface area contributed by atoms with Gasteiger partial charge in [-0.2, -0.15) is 5.10 Å². The number of ether oxygens (including phenoxy) is 2. The molecule has 0 aliphatic heterocycles. The smallest absolute Gasteiger partial charge is 0.191 e. The molecule has 144 valence electrons. The Kier molecular flexibility index (Phi) is 10.5. The van der Waals surface area contributed by atoms with Crippen molar-refractivity contribution in [1.82, 2.24) is 20.4 Å². The highest BCUT2D eigenvalue weighted by atomic mass is 127. The zero-order chi connectivity index (χ0) is 17.9. The fourth-order valence-electron chi connectivity index (χ4n) is 2.39. The molecule has 0 aliphatic rings. The minimum Gasteiger partial charge on any atom is -0.493 e. The van der Waals surface area contributed by atoms with E-state index in [2.05, 4.69) is 20.7 Å². The first kappa shape index (κ1) is 22.1. The van der Waals surface area contributed by atoms with E-state index >= 15 is 0 Å². The molecule has 2 aromatic rings. The number of guanidine groups is 1. The van der Waals surface area contributed by atoms with Crippen LogP contribution < -0.4 is 20.1 Å². The molecule has 0 saturated heterocycles. The highest BCUT2D eigenvalue weighted by Crippen LogP contribution is 2.27. The number of hydrogen-bond acceptors (Lipinski definition) is 4. The van der Waals surface area contributed by atoms with Crippen molar-refractivity contribution in [3.8, 4) is 11.5 Å². The van der Waals surface area contributed by atoms with E-state index in [4.69, 9.17) is 9.47 Å². The van der Waals surface area contributed by atoms with Crippen LogP contribution in [0.25, 0.3) is 0 Å². The molecule has 26 heavy (non-hydrogen) atoms. The van der Waals surface area contributed by atoms with Crippen molar-refractivity contribution in [1.29, 1.82) is 0 Å². The molecule has 1 heterocycles. The van der Waals surface area contributed by atoms with E-state index < -0.39 is 0 Å². The van der Waals surface area contributed by atoms with Crippen LogP contribution in [0.4, 0.5) is 0 Å². The molecule has 7 nitrogen and oxygen atoms in total.